The molecule has 1 N–H and O–H groups in total. The Morgan fingerprint density at radius 1 is 1.39 bits per heavy atom. The fourth-order valence-corrected chi connectivity index (χ4v) is 4.27. The molecule has 28 heavy (non-hydrogen) atoms. The molecule has 0 radical (unpaired) electrons. The van der Waals surface area contributed by atoms with Crippen molar-refractivity contribution in [2.75, 3.05) is 39.5 Å². The fourth-order valence-electron chi connectivity index (χ4n) is 4.27. The van der Waals surface area contributed by atoms with Crippen LogP contribution in [0.2, 0.25) is 0 Å². The third-order valence-electron chi connectivity index (χ3n) is 6.01. The van der Waals surface area contributed by atoms with Crippen LogP contribution in [-0.2, 0) is 14.3 Å². The van der Waals surface area contributed by atoms with Gasteiger partial charge in [-0.3, -0.25) is 9.69 Å². The molecule has 0 bridgehead atoms. The Bertz CT molecular complexity index is 604. The maximum absolute atomic E-state index is 10.8. The molecule has 3 rings (SSSR count). The lowest BCUT2D eigenvalue weighted by molar-refractivity contribution is -0.138. The first-order chi connectivity index (χ1) is 13.6. The van der Waals surface area contributed by atoms with E-state index in [0.717, 1.165) is 71.6 Å². The second-order valence-electron chi connectivity index (χ2n) is 8.41. The number of ether oxygens (including phenoxy) is 2. The molecule has 5 nitrogen and oxygen atoms in total. The molecule has 0 spiro atoms. The van der Waals surface area contributed by atoms with E-state index in [2.05, 4.69) is 29.2 Å². The van der Waals surface area contributed by atoms with Gasteiger partial charge in [-0.1, -0.05) is 36.8 Å². The predicted molar refractivity (Wildman–Crippen MR) is 110 cm³/mol. The SMILES string of the molecule is CC(CCC1=CCC2CC(OCCCN3CCOCC3)C=CC2=C1)CC(=O)O. The lowest BCUT2D eigenvalue weighted by atomic mass is 9.80. The topological polar surface area (TPSA) is 59.0 Å². The molecule has 1 fully saturated rings. The number of nitrogens with zero attached hydrogens (tertiary/aromatic N) is 1. The van der Waals surface area contributed by atoms with Gasteiger partial charge in [0.05, 0.1) is 19.3 Å². The van der Waals surface area contributed by atoms with Crippen LogP contribution >= 0.6 is 0 Å². The van der Waals surface area contributed by atoms with Crippen LogP contribution in [0.4, 0.5) is 0 Å². The van der Waals surface area contributed by atoms with Crippen LogP contribution in [0.15, 0.2) is 35.5 Å². The standard InChI is InChI=1S/C23H35NO4/c1-18(15-23(25)26)3-4-19-5-6-21-17-22(8-7-20(21)16-19)28-12-2-9-24-10-13-27-14-11-24/h5,7-8,16,18,21-22H,2-4,6,9-15,17H2,1H3,(H,25,26). The normalized spacial score (nSPS) is 26.3. The zero-order chi connectivity index (χ0) is 19.8. The molecule has 0 aromatic carbocycles. The van der Waals surface area contributed by atoms with Gasteiger partial charge >= 0.3 is 5.97 Å². The van der Waals surface area contributed by atoms with Crippen molar-refractivity contribution in [2.45, 2.75) is 51.6 Å². The van der Waals surface area contributed by atoms with E-state index < -0.39 is 5.97 Å². The van der Waals surface area contributed by atoms with Gasteiger partial charge in [0.2, 0.25) is 0 Å². The summed E-state index contributed by atoms with van der Waals surface area (Å²) in [7, 11) is 0. The lowest BCUT2D eigenvalue weighted by Gasteiger charge is -2.30. The first-order valence-electron chi connectivity index (χ1n) is 10.8. The van der Waals surface area contributed by atoms with E-state index in [9.17, 15) is 4.79 Å². The van der Waals surface area contributed by atoms with E-state index >= 15 is 0 Å². The predicted octanol–water partition coefficient (Wildman–Crippen LogP) is 3.82. The Balaban J connectivity index is 1.37. The summed E-state index contributed by atoms with van der Waals surface area (Å²) in [6.45, 7) is 7.75. The maximum atomic E-state index is 10.8. The number of allylic oxidation sites excluding steroid dienone is 5. The smallest absolute Gasteiger partial charge is 0.303 e. The van der Waals surface area contributed by atoms with Crippen LogP contribution < -0.4 is 0 Å². The molecule has 156 valence electrons. The van der Waals surface area contributed by atoms with Crippen LogP contribution in [-0.4, -0.2) is 61.5 Å². The van der Waals surface area contributed by atoms with Crippen molar-refractivity contribution in [2.24, 2.45) is 11.8 Å². The summed E-state index contributed by atoms with van der Waals surface area (Å²) < 4.78 is 11.5. The van der Waals surface area contributed by atoms with Gasteiger partial charge in [0.1, 0.15) is 0 Å². The van der Waals surface area contributed by atoms with Gasteiger partial charge in [0.15, 0.2) is 0 Å². The highest BCUT2D eigenvalue weighted by atomic mass is 16.5. The van der Waals surface area contributed by atoms with Crippen LogP contribution in [0.1, 0.15) is 45.4 Å². The van der Waals surface area contributed by atoms with E-state index in [4.69, 9.17) is 14.6 Å². The second-order valence-corrected chi connectivity index (χ2v) is 8.41. The molecule has 2 aliphatic carbocycles. The average Bonchev–Trinajstić information content (AvgIpc) is 2.70. The van der Waals surface area contributed by atoms with Crippen LogP contribution in [0.5, 0.6) is 0 Å². The highest BCUT2D eigenvalue weighted by Crippen LogP contribution is 2.34. The van der Waals surface area contributed by atoms with Crippen LogP contribution in [0.25, 0.3) is 0 Å². The summed E-state index contributed by atoms with van der Waals surface area (Å²) in [5.41, 5.74) is 2.77. The third-order valence-corrected chi connectivity index (χ3v) is 6.01. The molecule has 1 aliphatic heterocycles. The van der Waals surface area contributed by atoms with Gasteiger partial charge in [0, 0.05) is 32.7 Å². The molecule has 3 atom stereocenters. The molecule has 0 saturated carbocycles. The highest BCUT2D eigenvalue weighted by Gasteiger charge is 2.24. The molecule has 0 aromatic rings. The largest absolute Gasteiger partial charge is 0.481 e. The number of hydrogen-bond donors (Lipinski definition) is 1. The first-order valence-corrected chi connectivity index (χ1v) is 10.8. The summed E-state index contributed by atoms with van der Waals surface area (Å²) in [6, 6.07) is 0. The van der Waals surface area contributed by atoms with E-state index in [-0.39, 0.29) is 18.4 Å². The zero-order valence-electron chi connectivity index (χ0n) is 17.1. The Labute approximate surface area is 169 Å². The number of carbonyl (C=O) groups is 1. The van der Waals surface area contributed by atoms with Crippen molar-refractivity contribution in [3.63, 3.8) is 0 Å². The third kappa shape index (κ3) is 6.87. The molecular formula is C23H35NO4. The van der Waals surface area contributed by atoms with Gasteiger partial charge in [0.25, 0.3) is 0 Å². The minimum absolute atomic E-state index is 0.228. The zero-order valence-corrected chi connectivity index (χ0v) is 17.1. The summed E-state index contributed by atoms with van der Waals surface area (Å²) in [5.74, 6) is 0.0934. The molecule has 5 heteroatoms. The van der Waals surface area contributed by atoms with Crippen molar-refractivity contribution in [3.05, 3.63) is 35.5 Å². The Morgan fingerprint density at radius 2 is 2.21 bits per heavy atom. The van der Waals surface area contributed by atoms with E-state index in [1.165, 1.54) is 11.1 Å². The Hall–Kier alpha value is -1.43. The molecule has 1 heterocycles. The minimum atomic E-state index is -0.699. The molecule has 0 aromatic heterocycles. The van der Waals surface area contributed by atoms with Crippen molar-refractivity contribution in [3.8, 4) is 0 Å². The van der Waals surface area contributed by atoms with Crippen molar-refractivity contribution in [1.29, 1.82) is 0 Å². The lowest BCUT2D eigenvalue weighted by Crippen LogP contribution is -2.37. The average molecular weight is 390 g/mol. The monoisotopic (exact) mass is 389 g/mol. The number of carboxylic acids is 1. The molecule has 0 amide bonds. The Kier molecular flexibility index (Phi) is 8.31. The Morgan fingerprint density at radius 3 is 3.00 bits per heavy atom. The molecule has 3 aliphatic rings. The molecule has 3 unspecified atom stereocenters. The maximum Gasteiger partial charge on any atom is 0.303 e. The van der Waals surface area contributed by atoms with Crippen molar-refractivity contribution in [1.82, 2.24) is 4.90 Å². The number of aliphatic carboxylic acids is 1. The molecular weight excluding hydrogens is 354 g/mol. The van der Waals surface area contributed by atoms with Crippen molar-refractivity contribution < 1.29 is 19.4 Å². The molecule has 1 saturated heterocycles. The fraction of sp³-hybridized carbons (Fsp3) is 0.696. The number of carboxylic acid groups (broad SMARTS) is 1. The number of rotatable bonds is 10. The number of fused-ring (bicyclic) bond motifs is 1. The van der Waals surface area contributed by atoms with E-state index in [1.807, 2.05) is 6.92 Å². The minimum Gasteiger partial charge on any atom is -0.481 e. The van der Waals surface area contributed by atoms with Crippen LogP contribution in [0, 0.1) is 11.8 Å². The number of morpholine rings is 1. The summed E-state index contributed by atoms with van der Waals surface area (Å²) in [5, 5.41) is 8.89. The second kappa shape index (κ2) is 10.9. The summed E-state index contributed by atoms with van der Waals surface area (Å²) >= 11 is 0. The van der Waals surface area contributed by atoms with Crippen LogP contribution in [0.3, 0.4) is 0 Å². The quantitative estimate of drug-likeness (QED) is 0.576. The summed E-state index contributed by atoms with van der Waals surface area (Å²) in [6.07, 6.45) is 14.7. The van der Waals surface area contributed by atoms with Gasteiger partial charge in [-0.05, 0) is 49.5 Å². The van der Waals surface area contributed by atoms with E-state index in [0.29, 0.717) is 5.92 Å². The number of hydrogen-bond acceptors (Lipinski definition) is 4. The van der Waals surface area contributed by atoms with E-state index in [1.54, 1.807) is 0 Å². The van der Waals surface area contributed by atoms with Gasteiger partial charge in [-0.2, -0.15) is 0 Å². The van der Waals surface area contributed by atoms with Gasteiger partial charge in [-0.15, -0.1) is 0 Å². The van der Waals surface area contributed by atoms with Crippen molar-refractivity contribution >= 4 is 5.97 Å². The first kappa shape index (κ1) is 21.3. The van der Waals surface area contributed by atoms with Gasteiger partial charge in [-0.25, -0.2) is 0 Å². The van der Waals surface area contributed by atoms with Gasteiger partial charge < -0.3 is 14.6 Å². The summed E-state index contributed by atoms with van der Waals surface area (Å²) in [4.78, 5) is 13.3. The highest BCUT2D eigenvalue weighted by molar-refractivity contribution is 5.66.